The van der Waals surface area contributed by atoms with Crippen LogP contribution in [0.4, 0.5) is 10.5 Å². The fourth-order valence-electron chi connectivity index (χ4n) is 2.35. The number of para-hydroxylation sites is 1. The van der Waals surface area contributed by atoms with Gasteiger partial charge in [0, 0.05) is 16.1 Å². The van der Waals surface area contributed by atoms with Crippen molar-refractivity contribution in [2.24, 2.45) is 0 Å². The lowest BCUT2D eigenvalue weighted by molar-refractivity contribution is 0.0635. The zero-order valence-corrected chi connectivity index (χ0v) is 15.4. The quantitative estimate of drug-likeness (QED) is 0.820. The highest BCUT2D eigenvalue weighted by Gasteiger charge is 2.22. The highest BCUT2D eigenvalue weighted by atomic mass is 35.5. The van der Waals surface area contributed by atoms with E-state index in [9.17, 15) is 9.90 Å². The zero-order valence-electron chi connectivity index (χ0n) is 14.7. The van der Waals surface area contributed by atoms with Gasteiger partial charge in [-0.15, -0.1) is 0 Å². The Bertz CT molecular complexity index is 755. The third kappa shape index (κ3) is 5.11. The zero-order chi connectivity index (χ0) is 18.6. The van der Waals surface area contributed by atoms with E-state index < -0.39 is 17.8 Å². The van der Waals surface area contributed by atoms with Crippen LogP contribution in [-0.4, -0.2) is 23.9 Å². The molecular formula is C19H22ClNO4. The summed E-state index contributed by atoms with van der Waals surface area (Å²) in [6.07, 6.45) is -1.64. The molecule has 134 valence electrons. The molecule has 1 unspecified atom stereocenters. The van der Waals surface area contributed by atoms with Crippen molar-refractivity contribution in [1.29, 1.82) is 0 Å². The first-order valence-electron chi connectivity index (χ1n) is 7.81. The van der Waals surface area contributed by atoms with Crippen molar-refractivity contribution in [3.8, 4) is 5.75 Å². The molecule has 0 aliphatic carbocycles. The maximum absolute atomic E-state index is 12.1. The molecule has 0 saturated heterocycles. The number of aliphatic hydroxyl groups is 1. The van der Waals surface area contributed by atoms with E-state index in [0.717, 1.165) is 0 Å². The number of carbonyl (C=O) groups excluding carboxylic acids is 1. The first-order chi connectivity index (χ1) is 11.7. The molecule has 0 aliphatic rings. The average Bonchev–Trinajstić information content (AvgIpc) is 2.54. The van der Waals surface area contributed by atoms with Crippen LogP contribution in [0.1, 0.15) is 38.0 Å². The van der Waals surface area contributed by atoms with Crippen LogP contribution in [0, 0.1) is 0 Å². The number of hydrogen-bond acceptors (Lipinski definition) is 4. The van der Waals surface area contributed by atoms with E-state index in [1.807, 2.05) is 6.07 Å². The van der Waals surface area contributed by atoms with Gasteiger partial charge < -0.3 is 14.6 Å². The van der Waals surface area contributed by atoms with E-state index in [1.54, 1.807) is 57.2 Å². The van der Waals surface area contributed by atoms with Crippen molar-refractivity contribution in [3.05, 3.63) is 58.6 Å². The van der Waals surface area contributed by atoms with Crippen LogP contribution >= 0.6 is 11.6 Å². The highest BCUT2D eigenvalue weighted by molar-refractivity contribution is 6.30. The molecule has 2 aromatic carbocycles. The SMILES string of the molecule is COc1ccccc1C(O)c1cc(Cl)ccc1NC(=O)OC(C)(C)C. The first kappa shape index (κ1) is 19.1. The highest BCUT2D eigenvalue weighted by Crippen LogP contribution is 2.35. The number of aliphatic hydroxyl groups excluding tert-OH is 1. The number of carbonyl (C=O) groups is 1. The maximum Gasteiger partial charge on any atom is 0.412 e. The number of hydrogen-bond donors (Lipinski definition) is 2. The van der Waals surface area contributed by atoms with Crippen LogP contribution in [0.3, 0.4) is 0 Å². The second kappa shape index (κ2) is 7.76. The van der Waals surface area contributed by atoms with Gasteiger partial charge in [0.05, 0.1) is 12.8 Å². The van der Waals surface area contributed by atoms with Gasteiger partial charge in [0.2, 0.25) is 0 Å². The number of nitrogens with one attached hydrogen (secondary N) is 1. The Morgan fingerprint density at radius 2 is 1.84 bits per heavy atom. The van der Waals surface area contributed by atoms with Crippen molar-refractivity contribution < 1.29 is 19.4 Å². The minimum absolute atomic E-state index is 0.414. The van der Waals surface area contributed by atoms with Gasteiger partial charge in [-0.2, -0.15) is 0 Å². The molecule has 0 spiro atoms. The lowest BCUT2D eigenvalue weighted by Gasteiger charge is -2.22. The molecule has 0 heterocycles. The van der Waals surface area contributed by atoms with Gasteiger partial charge in [-0.3, -0.25) is 5.32 Å². The first-order valence-corrected chi connectivity index (χ1v) is 8.19. The Labute approximate surface area is 152 Å². The lowest BCUT2D eigenvalue weighted by atomic mass is 9.99. The van der Waals surface area contributed by atoms with Gasteiger partial charge in [0.25, 0.3) is 0 Å². The molecule has 6 heteroatoms. The number of methoxy groups -OCH3 is 1. The van der Waals surface area contributed by atoms with Gasteiger partial charge in [0.1, 0.15) is 17.5 Å². The van der Waals surface area contributed by atoms with E-state index >= 15 is 0 Å². The third-order valence-electron chi connectivity index (χ3n) is 3.38. The van der Waals surface area contributed by atoms with Crippen LogP contribution in [-0.2, 0) is 4.74 Å². The predicted octanol–water partition coefficient (Wildman–Crippen LogP) is 4.78. The van der Waals surface area contributed by atoms with Gasteiger partial charge in [0.15, 0.2) is 0 Å². The summed E-state index contributed by atoms with van der Waals surface area (Å²) in [5, 5.41) is 13.9. The molecule has 0 saturated carbocycles. The van der Waals surface area contributed by atoms with Crippen LogP contribution in [0.25, 0.3) is 0 Å². The van der Waals surface area contributed by atoms with E-state index in [4.69, 9.17) is 21.1 Å². The second-order valence-electron chi connectivity index (χ2n) is 6.50. The number of ether oxygens (including phenoxy) is 2. The molecule has 0 radical (unpaired) electrons. The van der Waals surface area contributed by atoms with Gasteiger partial charge in [-0.05, 0) is 45.0 Å². The Balaban J connectivity index is 2.37. The van der Waals surface area contributed by atoms with E-state index in [2.05, 4.69) is 5.32 Å². The van der Waals surface area contributed by atoms with Gasteiger partial charge >= 0.3 is 6.09 Å². The van der Waals surface area contributed by atoms with E-state index in [1.165, 1.54) is 7.11 Å². The third-order valence-corrected chi connectivity index (χ3v) is 3.61. The summed E-state index contributed by atoms with van der Waals surface area (Å²) in [5.74, 6) is 0.540. The molecule has 0 aliphatic heterocycles. The number of amides is 1. The normalized spacial score (nSPS) is 12.4. The molecule has 25 heavy (non-hydrogen) atoms. The fourth-order valence-corrected chi connectivity index (χ4v) is 2.53. The number of halogens is 1. The smallest absolute Gasteiger partial charge is 0.412 e. The van der Waals surface area contributed by atoms with Crippen molar-refractivity contribution in [1.82, 2.24) is 0 Å². The van der Waals surface area contributed by atoms with Crippen LogP contribution in [0.5, 0.6) is 5.75 Å². The summed E-state index contributed by atoms with van der Waals surface area (Å²) in [5.41, 5.74) is 0.803. The Morgan fingerprint density at radius 3 is 2.48 bits per heavy atom. The van der Waals surface area contributed by atoms with Crippen molar-refractivity contribution in [3.63, 3.8) is 0 Å². The number of rotatable bonds is 4. The number of benzene rings is 2. The summed E-state index contributed by atoms with van der Waals surface area (Å²) >= 11 is 6.08. The van der Waals surface area contributed by atoms with Crippen molar-refractivity contribution in [2.75, 3.05) is 12.4 Å². The number of anilines is 1. The maximum atomic E-state index is 12.1. The van der Waals surface area contributed by atoms with Crippen molar-refractivity contribution in [2.45, 2.75) is 32.5 Å². The summed E-state index contributed by atoms with van der Waals surface area (Å²) in [6.45, 7) is 5.33. The topological polar surface area (TPSA) is 67.8 Å². The van der Waals surface area contributed by atoms with Crippen LogP contribution < -0.4 is 10.1 Å². The molecule has 0 aromatic heterocycles. The molecular weight excluding hydrogens is 342 g/mol. The van der Waals surface area contributed by atoms with Gasteiger partial charge in [-0.1, -0.05) is 29.8 Å². The average molecular weight is 364 g/mol. The molecule has 1 atom stereocenters. The minimum Gasteiger partial charge on any atom is -0.496 e. The van der Waals surface area contributed by atoms with Crippen LogP contribution in [0.2, 0.25) is 5.02 Å². The summed E-state index contributed by atoms with van der Waals surface area (Å²) in [6, 6.07) is 12.0. The molecule has 1 amide bonds. The lowest BCUT2D eigenvalue weighted by Crippen LogP contribution is -2.27. The molecule has 5 nitrogen and oxygen atoms in total. The molecule has 2 rings (SSSR count). The molecule has 2 N–H and O–H groups in total. The molecule has 0 fully saturated rings. The second-order valence-corrected chi connectivity index (χ2v) is 6.94. The largest absolute Gasteiger partial charge is 0.496 e. The molecule has 2 aromatic rings. The Kier molecular flexibility index (Phi) is 5.93. The summed E-state index contributed by atoms with van der Waals surface area (Å²) < 4.78 is 10.6. The predicted molar refractivity (Wildman–Crippen MR) is 98.4 cm³/mol. The van der Waals surface area contributed by atoms with Crippen LogP contribution in [0.15, 0.2) is 42.5 Å². The minimum atomic E-state index is -1.03. The Hall–Kier alpha value is -2.24. The summed E-state index contributed by atoms with van der Waals surface area (Å²) in [4.78, 5) is 12.1. The van der Waals surface area contributed by atoms with Gasteiger partial charge in [-0.25, -0.2) is 4.79 Å². The van der Waals surface area contributed by atoms with E-state index in [0.29, 0.717) is 27.6 Å². The molecule has 0 bridgehead atoms. The summed E-state index contributed by atoms with van der Waals surface area (Å²) in [7, 11) is 1.53. The Morgan fingerprint density at radius 1 is 1.16 bits per heavy atom. The standard InChI is InChI=1S/C19H22ClNO4/c1-19(2,3)25-18(23)21-15-10-9-12(20)11-14(15)17(22)13-7-5-6-8-16(13)24-4/h5-11,17,22H,1-4H3,(H,21,23). The fraction of sp³-hybridized carbons (Fsp3) is 0.316. The van der Waals surface area contributed by atoms with E-state index in [-0.39, 0.29) is 0 Å². The van der Waals surface area contributed by atoms with Crippen molar-refractivity contribution >= 4 is 23.4 Å². The monoisotopic (exact) mass is 363 g/mol.